The Morgan fingerprint density at radius 1 is 0.913 bits per heavy atom. The van der Waals surface area contributed by atoms with Crippen molar-refractivity contribution in [3.63, 3.8) is 0 Å². The first kappa shape index (κ1) is 15.1. The fourth-order valence-electron chi connectivity index (χ4n) is 2.42. The minimum atomic E-state index is 0.872. The minimum Gasteiger partial charge on any atom is -0.497 e. The molecular formula is C20H20N2O. The van der Waals surface area contributed by atoms with Crippen LogP contribution >= 0.6 is 0 Å². The number of benzene rings is 3. The van der Waals surface area contributed by atoms with Gasteiger partial charge in [0.15, 0.2) is 0 Å². The summed E-state index contributed by atoms with van der Waals surface area (Å²) in [6.07, 6.45) is 0. The number of hydrogen-bond acceptors (Lipinski definition) is 3. The number of anilines is 1. The summed E-state index contributed by atoms with van der Waals surface area (Å²) < 4.78 is 5.26. The van der Waals surface area contributed by atoms with E-state index in [4.69, 9.17) is 4.74 Å². The van der Waals surface area contributed by atoms with Crippen LogP contribution in [0.25, 0.3) is 10.8 Å². The van der Waals surface area contributed by atoms with Crippen LogP contribution in [-0.4, -0.2) is 12.8 Å². The van der Waals surface area contributed by atoms with E-state index in [0.717, 1.165) is 28.1 Å². The zero-order chi connectivity index (χ0) is 16.2. The zero-order valence-corrected chi connectivity index (χ0v) is 13.6. The number of hydrazone groups is 1. The maximum atomic E-state index is 5.26. The standard InChI is InChI=1S/C20H20N2O/c1-14-4-9-19(10-5-14)22-21-15(2)16-6-7-18-13-20(23-3)11-8-17(18)12-16/h4-13,22H,1-3H3/b21-15+. The second-order valence-electron chi connectivity index (χ2n) is 5.60. The molecule has 23 heavy (non-hydrogen) atoms. The van der Waals surface area contributed by atoms with Gasteiger partial charge in [-0.05, 0) is 60.5 Å². The third-order valence-corrected chi connectivity index (χ3v) is 3.87. The van der Waals surface area contributed by atoms with Crippen molar-refractivity contribution >= 4 is 22.2 Å². The molecule has 3 nitrogen and oxygen atoms in total. The minimum absolute atomic E-state index is 0.872. The monoisotopic (exact) mass is 304 g/mol. The molecule has 0 aliphatic rings. The SMILES string of the molecule is COc1ccc2cc(/C(C)=N/Nc3ccc(C)cc3)ccc2c1. The molecule has 0 spiro atoms. The molecule has 0 fully saturated rings. The smallest absolute Gasteiger partial charge is 0.119 e. The van der Waals surface area contributed by atoms with Gasteiger partial charge >= 0.3 is 0 Å². The zero-order valence-electron chi connectivity index (χ0n) is 13.6. The lowest BCUT2D eigenvalue weighted by Gasteiger charge is -2.07. The predicted molar refractivity (Wildman–Crippen MR) is 97.5 cm³/mol. The Balaban J connectivity index is 1.83. The van der Waals surface area contributed by atoms with Crippen LogP contribution in [-0.2, 0) is 0 Å². The van der Waals surface area contributed by atoms with Gasteiger partial charge in [-0.25, -0.2) is 0 Å². The molecule has 0 bridgehead atoms. The number of aryl methyl sites for hydroxylation is 1. The summed E-state index contributed by atoms with van der Waals surface area (Å²) in [7, 11) is 1.68. The Labute approximate surface area is 136 Å². The molecule has 0 saturated carbocycles. The van der Waals surface area contributed by atoms with Crippen LogP contribution in [0, 0.1) is 6.92 Å². The number of rotatable bonds is 4. The summed E-state index contributed by atoms with van der Waals surface area (Å²) in [5.74, 6) is 0.872. The summed E-state index contributed by atoms with van der Waals surface area (Å²) >= 11 is 0. The number of nitrogens with zero attached hydrogens (tertiary/aromatic N) is 1. The van der Waals surface area contributed by atoms with E-state index in [0.29, 0.717) is 0 Å². The van der Waals surface area contributed by atoms with E-state index in [1.165, 1.54) is 10.9 Å². The second kappa shape index (κ2) is 6.53. The molecule has 1 N–H and O–H groups in total. The highest BCUT2D eigenvalue weighted by molar-refractivity contribution is 6.02. The number of fused-ring (bicyclic) bond motifs is 1. The average Bonchev–Trinajstić information content (AvgIpc) is 2.60. The van der Waals surface area contributed by atoms with Crippen LogP contribution in [0.15, 0.2) is 65.8 Å². The van der Waals surface area contributed by atoms with E-state index >= 15 is 0 Å². The molecule has 0 atom stereocenters. The van der Waals surface area contributed by atoms with E-state index in [2.05, 4.69) is 53.8 Å². The van der Waals surface area contributed by atoms with E-state index < -0.39 is 0 Å². The first-order valence-corrected chi connectivity index (χ1v) is 7.61. The van der Waals surface area contributed by atoms with E-state index in [1.54, 1.807) is 7.11 Å². The quantitative estimate of drug-likeness (QED) is 0.544. The van der Waals surface area contributed by atoms with Crippen molar-refractivity contribution in [3.05, 3.63) is 71.8 Å². The Hall–Kier alpha value is -2.81. The van der Waals surface area contributed by atoms with Crippen molar-refractivity contribution in [1.82, 2.24) is 0 Å². The molecule has 0 aliphatic heterocycles. The lowest BCUT2D eigenvalue weighted by Crippen LogP contribution is -1.99. The molecular weight excluding hydrogens is 284 g/mol. The topological polar surface area (TPSA) is 33.6 Å². The van der Waals surface area contributed by atoms with Crippen LogP contribution in [0.2, 0.25) is 0 Å². The lowest BCUT2D eigenvalue weighted by atomic mass is 10.0. The number of hydrogen-bond donors (Lipinski definition) is 1. The van der Waals surface area contributed by atoms with Gasteiger partial charge in [0.2, 0.25) is 0 Å². The Bertz CT molecular complexity index is 851. The third-order valence-electron chi connectivity index (χ3n) is 3.87. The maximum absolute atomic E-state index is 5.26. The summed E-state index contributed by atoms with van der Waals surface area (Å²) in [4.78, 5) is 0. The molecule has 3 rings (SSSR count). The number of methoxy groups -OCH3 is 1. The Morgan fingerprint density at radius 3 is 2.35 bits per heavy atom. The van der Waals surface area contributed by atoms with Crippen LogP contribution < -0.4 is 10.2 Å². The van der Waals surface area contributed by atoms with Crippen LogP contribution in [0.4, 0.5) is 5.69 Å². The summed E-state index contributed by atoms with van der Waals surface area (Å²) in [5, 5.41) is 6.81. The molecule has 0 saturated heterocycles. The number of nitrogens with one attached hydrogen (secondary N) is 1. The van der Waals surface area contributed by atoms with Gasteiger partial charge in [0, 0.05) is 0 Å². The fourth-order valence-corrected chi connectivity index (χ4v) is 2.42. The lowest BCUT2D eigenvalue weighted by molar-refractivity contribution is 0.415. The van der Waals surface area contributed by atoms with Gasteiger partial charge in [-0.1, -0.05) is 35.9 Å². The summed E-state index contributed by atoms with van der Waals surface area (Å²) in [6, 6.07) is 20.6. The normalized spacial score (nSPS) is 11.5. The van der Waals surface area contributed by atoms with Crippen LogP contribution in [0.1, 0.15) is 18.1 Å². The van der Waals surface area contributed by atoms with Crippen molar-refractivity contribution < 1.29 is 4.74 Å². The highest BCUT2D eigenvalue weighted by atomic mass is 16.5. The predicted octanol–water partition coefficient (Wildman–Crippen LogP) is 4.99. The van der Waals surface area contributed by atoms with Crippen molar-refractivity contribution in [3.8, 4) is 5.75 Å². The van der Waals surface area contributed by atoms with E-state index in [1.807, 2.05) is 31.2 Å². The van der Waals surface area contributed by atoms with Crippen molar-refractivity contribution in [2.45, 2.75) is 13.8 Å². The van der Waals surface area contributed by atoms with Crippen molar-refractivity contribution in [2.75, 3.05) is 12.5 Å². The molecule has 0 aromatic heterocycles. The molecule has 3 aromatic rings. The Morgan fingerprint density at radius 2 is 1.61 bits per heavy atom. The van der Waals surface area contributed by atoms with E-state index in [9.17, 15) is 0 Å². The van der Waals surface area contributed by atoms with Gasteiger partial charge in [-0.2, -0.15) is 5.10 Å². The highest BCUT2D eigenvalue weighted by Gasteiger charge is 2.02. The maximum Gasteiger partial charge on any atom is 0.119 e. The molecule has 0 radical (unpaired) electrons. The van der Waals surface area contributed by atoms with Gasteiger partial charge in [-0.3, -0.25) is 5.43 Å². The summed E-state index contributed by atoms with van der Waals surface area (Å²) in [5.41, 5.74) is 7.37. The molecule has 3 aromatic carbocycles. The molecule has 0 unspecified atom stereocenters. The van der Waals surface area contributed by atoms with Gasteiger partial charge < -0.3 is 4.74 Å². The van der Waals surface area contributed by atoms with Crippen molar-refractivity contribution in [1.29, 1.82) is 0 Å². The fraction of sp³-hybridized carbons (Fsp3) is 0.150. The average molecular weight is 304 g/mol. The van der Waals surface area contributed by atoms with Gasteiger partial charge in [-0.15, -0.1) is 0 Å². The molecule has 0 heterocycles. The number of ether oxygens (including phenoxy) is 1. The molecule has 116 valence electrons. The molecule has 0 aliphatic carbocycles. The van der Waals surface area contributed by atoms with Gasteiger partial charge in [0.1, 0.15) is 5.75 Å². The third kappa shape index (κ3) is 3.51. The second-order valence-corrected chi connectivity index (χ2v) is 5.60. The van der Waals surface area contributed by atoms with Crippen LogP contribution in [0.3, 0.4) is 0 Å². The van der Waals surface area contributed by atoms with Gasteiger partial charge in [0.25, 0.3) is 0 Å². The van der Waals surface area contributed by atoms with Crippen molar-refractivity contribution in [2.24, 2.45) is 5.10 Å². The first-order valence-electron chi connectivity index (χ1n) is 7.61. The largest absolute Gasteiger partial charge is 0.497 e. The van der Waals surface area contributed by atoms with Crippen LogP contribution in [0.5, 0.6) is 5.75 Å². The highest BCUT2D eigenvalue weighted by Crippen LogP contribution is 2.22. The molecule has 3 heteroatoms. The first-order chi connectivity index (χ1) is 11.2. The van der Waals surface area contributed by atoms with Gasteiger partial charge in [0.05, 0.1) is 18.5 Å². The molecule has 0 amide bonds. The summed E-state index contributed by atoms with van der Waals surface area (Å²) in [6.45, 7) is 4.08. The van der Waals surface area contributed by atoms with E-state index in [-0.39, 0.29) is 0 Å². The Kier molecular flexibility index (Phi) is 4.29.